The number of ether oxygens (including phenoxy) is 4. The van der Waals surface area contributed by atoms with E-state index in [9.17, 15) is 18.8 Å². The first-order chi connectivity index (χ1) is 19.9. The minimum atomic E-state index is -0.821. The number of hydrogen-bond acceptors (Lipinski definition) is 8. The molecule has 42 heavy (non-hydrogen) atoms. The standard InChI is InChI=1S/C33H38FNO7/c1-21(18-28(37)30-31(42-23(3)36)29(39-6)16-17-35-30)32(38)41-22(2)27(19-24-12-14-26(34)15-13-24)33(4,5)40-20-25-10-8-7-9-11-25/h7-17,21-22,27H,18-20H2,1-6H3/t21-,22+,27+/m1/s1. The summed E-state index contributed by atoms with van der Waals surface area (Å²) in [6.07, 6.45) is 0.985. The van der Waals surface area contributed by atoms with Crippen molar-refractivity contribution in [2.24, 2.45) is 11.8 Å². The lowest BCUT2D eigenvalue weighted by Gasteiger charge is -2.38. The molecule has 0 aliphatic carbocycles. The van der Waals surface area contributed by atoms with Crippen molar-refractivity contribution in [3.8, 4) is 11.5 Å². The fourth-order valence-corrected chi connectivity index (χ4v) is 4.67. The largest absolute Gasteiger partial charge is 0.493 e. The van der Waals surface area contributed by atoms with Crippen LogP contribution in [0, 0.1) is 17.7 Å². The van der Waals surface area contributed by atoms with E-state index in [-0.39, 0.29) is 35.3 Å². The third-order valence-electron chi connectivity index (χ3n) is 7.08. The number of hydrogen-bond donors (Lipinski definition) is 0. The number of Topliss-reactive ketones (excluding diaryl/α,β-unsaturated/α-hetero) is 1. The molecule has 0 aliphatic rings. The Morgan fingerprint density at radius 2 is 1.62 bits per heavy atom. The summed E-state index contributed by atoms with van der Waals surface area (Å²) in [5.41, 5.74) is 1.02. The maximum atomic E-state index is 13.6. The van der Waals surface area contributed by atoms with Gasteiger partial charge in [0.15, 0.2) is 17.2 Å². The van der Waals surface area contributed by atoms with E-state index in [1.54, 1.807) is 26.0 Å². The van der Waals surface area contributed by atoms with Gasteiger partial charge in [0.1, 0.15) is 11.9 Å². The van der Waals surface area contributed by atoms with E-state index in [2.05, 4.69) is 4.98 Å². The number of nitrogens with zero attached hydrogens (tertiary/aromatic N) is 1. The van der Waals surface area contributed by atoms with E-state index in [0.717, 1.165) is 11.1 Å². The molecular weight excluding hydrogens is 541 g/mol. The average Bonchev–Trinajstić information content (AvgIpc) is 2.95. The molecule has 3 atom stereocenters. The molecule has 0 spiro atoms. The molecule has 0 saturated heterocycles. The first kappa shape index (κ1) is 32.4. The highest BCUT2D eigenvalue weighted by Crippen LogP contribution is 2.33. The molecule has 0 unspecified atom stereocenters. The van der Waals surface area contributed by atoms with Crippen molar-refractivity contribution in [1.82, 2.24) is 4.98 Å². The lowest BCUT2D eigenvalue weighted by atomic mass is 9.81. The number of carbonyl (C=O) groups excluding carboxylic acids is 3. The van der Waals surface area contributed by atoms with E-state index >= 15 is 0 Å². The summed E-state index contributed by atoms with van der Waals surface area (Å²) in [4.78, 5) is 42.0. The van der Waals surface area contributed by atoms with Gasteiger partial charge in [0.25, 0.3) is 0 Å². The van der Waals surface area contributed by atoms with Gasteiger partial charge in [-0.25, -0.2) is 9.37 Å². The Balaban J connectivity index is 1.75. The van der Waals surface area contributed by atoms with Crippen molar-refractivity contribution >= 4 is 17.7 Å². The molecule has 0 amide bonds. The molecule has 8 nitrogen and oxygen atoms in total. The lowest BCUT2D eigenvalue weighted by Crippen LogP contribution is -2.44. The molecule has 0 bridgehead atoms. The van der Waals surface area contributed by atoms with E-state index in [0.29, 0.717) is 13.0 Å². The molecule has 1 heterocycles. The van der Waals surface area contributed by atoms with Gasteiger partial charge in [0.2, 0.25) is 5.75 Å². The smallest absolute Gasteiger partial charge is 0.309 e. The molecule has 224 valence electrons. The Bertz CT molecular complexity index is 1360. The maximum absolute atomic E-state index is 13.6. The van der Waals surface area contributed by atoms with Gasteiger partial charge in [-0.3, -0.25) is 14.4 Å². The highest BCUT2D eigenvalue weighted by atomic mass is 19.1. The fraction of sp³-hybridized carbons (Fsp3) is 0.394. The zero-order valence-corrected chi connectivity index (χ0v) is 24.9. The first-order valence-electron chi connectivity index (χ1n) is 13.8. The molecule has 0 saturated carbocycles. The maximum Gasteiger partial charge on any atom is 0.309 e. The number of esters is 2. The van der Waals surface area contributed by atoms with Crippen LogP contribution in [0.1, 0.15) is 62.7 Å². The average molecular weight is 580 g/mol. The highest BCUT2D eigenvalue weighted by Gasteiger charge is 2.38. The van der Waals surface area contributed by atoms with Crippen LogP contribution in [0.4, 0.5) is 4.39 Å². The minimum absolute atomic E-state index is 0.0943. The Labute approximate surface area is 246 Å². The number of carbonyl (C=O) groups is 3. The van der Waals surface area contributed by atoms with Crippen LogP contribution < -0.4 is 9.47 Å². The second kappa shape index (κ2) is 14.7. The molecule has 3 rings (SSSR count). The number of pyridine rings is 1. The van der Waals surface area contributed by atoms with E-state index < -0.39 is 35.3 Å². The van der Waals surface area contributed by atoms with Crippen molar-refractivity contribution in [2.45, 2.75) is 65.8 Å². The zero-order valence-electron chi connectivity index (χ0n) is 24.9. The van der Waals surface area contributed by atoms with Gasteiger partial charge in [0.05, 0.1) is 25.2 Å². The fourth-order valence-electron chi connectivity index (χ4n) is 4.67. The monoisotopic (exact) mass is 579 g/mol. The molecule has 0 N–H and O–H groups in total. The summed E-state index contributed by atoms with van der Waals surface area (Å²) < 4.78 is 36.2. The van der Waals surface area contributed by atoms with Crippen LogP contribution >= 0.6 is 0 Å². The van der Waals surface area contributed by atoms with Gasteiger partial charge in [-0.15, -0.1) is 0 Å². The second-order valence-electron chi connectivity index (χ2n) is 10.8. The van der Waals surface area contributed by atoms with Gasteiger partial charge in [-0.2, -0.15) is 0 Å². The highest BCUT2D eigenvalue weighted by molar-refractivity contribution is 5.99. The molecule has 9 heteroatoms. The van der Waals surface area contributed by atoms with Crippen molar-refractivity contribution in [1.29, 1.82) is 0 Å². The van der Waals surface area contributed by atoms with Gasteiger partial charge in [-0.05, 0) is 50.5 Å². The number of benzene rings is 2. The quantitative estimate of drug-likeness (QED) is 0.166. The van der Waals surface area contributed by atoms with Crippen LogP contribution in [0.5, 0.6) is 11.5 Å². The van der Waals surface area contributed by atoms with Crippen LogP contribution in [-0.2, 0) is 32.1 Å². The predicted molar refractivity (Wildman–Crippen MR) is 155 cm³/mol. The first-order valence-corrected chi connectivity index (χ1v) is 13.8. The predicted octanol–water partition coefficient (Wildman–Crippen LogP) is 6.15. The van der Waals surface area contributed by atoms with Crippen LogP contribution in [0.25, 0.3) is 0 Å². The summed E-state index contributed by atoms with van der Waals surface area (Å²) >= 11 is 0. The minimum Gasteiger partial charge on any atom is -0.493 e. The summed E-state index contributed by atoms with van der Waals surface area (Å²) in [5, 5.41) is 0. The lowest BCUT2D eigenvalue weighted by molar-refractivity contribution is -0.164. The number of halogens is 1. The van der Waals surface area contributed by atoms with E-state index in [1.807, 2.05) is 44.2 Å². The Hall–Kier alpha value is -4.11. The van der Waals surface area contributed by atoms with Gasteiger partial charge >= 0.3 is 11.9 Å². The molecule has 0 fully saturated rings. The van der Waals surface area contributed by atoms with Crippen LogP contribution in [-0.4, -0.2) is 41.5 Å². The summed E-state index contributed by atoms with van der Waals surface area (Å²) in [7, 11) is 1.38. The summed E-state index contributed by atoms with van der Waals surface area (Å²) in [6.45, 7) is 8.81. The van der Waals surface area contributed by atoms with Gasteiger partial charge in [-0.1, -0.05) is 49.4 Å². The van der Waals surface area contributed by atoms with Crippen LogP contribution in [0.2, 0.25) is 0 Å². The molecule has 3 aromatic rings. The second-order valence-corrected chi connectivity index (χ2v) is 10.8. The van der Waals surface area contributed by atoms with Crippen molar-refractivity contribution in [3.05, 3.63) is 89.5 Å². The van der Waals surface area contributed by atoms with Crippen LogP contribution in [0.3, 0.4) is 0 Å². The molecule has 0 radical (unpaired) electrons. The SMILES string of the molecule is COc1ccnc(C(=O)C[C@@H](C)C(=O)O[C@@H](C)[C@H](Cc2ccc(F)cc2)C(C)(C)OCc2ccccc2)c1OC(C)=O. The third-order valence-corrected chi connectivity index (χ3v) is 7.08. The Morgan fingerprint density at radius 1 is 0.952 bits per heavy atom. The normalized spacial score (nSPS) is 13.5. The van der Waals surface area contributed by atoms with E-state index in [1.165, 1.54) is 38.4 Å². The van der Waals surface area contributed by atoms with Crippen molar-refractivity contribution in [3.63, 3.8) is 0 Å². The summed E-state index contributed by atoms with van der Waals surface area (Å²) in [6, 6.07) is 17.4. The number of aromatic nitrogens is 1. The molecule has 1 aromatic heterocycles. The van der Waals surface area contributed by atoms with Gasteiger partial charge < -0.3 is 18.9 Å². The van der Waals surface area contributed by atoms with Crippen molar-refractivity contribution in [2.75, 3.05) is 7.11 Å². The number of rotatable bonds is 14. The van der Waals surface area contributed by atoms with Crippen molar-refractivity contribution < 1.29 is 37.7 Å². The summed E-state index contributed by atoms with van der Waals surface area (Å²) in [5.74, 6) is -3.10. The van der Waals surface area contributed by atoms with Crippen LogP contribution in [0.15, 0.2) is 66.9 Å². The Kier molecular flexibility index (Phi) is 11.3. The van der Waals surface area contributed by atoms with E-state index in [4.69, 9.17) is 18.9 Å². The van der Waals surface area contributed by atoms with Gasteiger partial charge in [0, 0.05) is 31.5 Å². The third kappa shape index (κ3) is 8.94. The zero-order chi connectivity index (χ0) is 30.9. The molecule has 2 aromatic carbocycles. The topological polar surface area (TPSA) is 101 Å². The molecule has 0 aliphatic heterocycles. The molecular formula is C33H38FNO7. The number of methoxy groups -OCH3 is 1. The Morgan fingerprint density at radius 3 is 2.24 bits per heavy atom. The number of ketones is 1.